The van der Waals surface area contributed by atoms with Crippen molar-refractivity contribution in [3.05, 3.63) is 34.3 Å². The van der Waals surface area contributed by atoms with E-state index in [1.165, 1.54) is 5.56 Å². The molecule has 0 aliphatic heterocycles. The zero-order valence-corrected chi connectivity index (χ0v) is 9.77. The maximum atomic E-state index is 5.36. The molecule has 12 heavy (non-hydrogen) atoms. The van der Waals surface area contributed by atoms with Crippen molar-refractivity contribution in [2.24, 2.45) is 0 Å². The van der Waals surface area contributed by atoms with Crippen LogP contribution in [0.15, 0.2) is 28.7 Å². The molecule has 1 rings (SSSR count). The second-order valence-electron chi connectivity index (χ2n) is 2.37. The summed E-state index contributed by atoms with van der Waals surface area (Å²) in [6, 6.07) is 8.14. The molecule has 1 nitrogen and oxygen atoms in total. The van der Waals surface area contributed by atoms with Crippen LogP contribution in [0.2, 0.25) is 0 Å². The highest BCUT2D eigenvalue weighted by molar-refractivity contribution is 9.10. The van der Waals surface area contributed by atoms with Crippen molar-refractivity contribution in [3.8, 4) is 0 Å². The summed E-state index contributed by atoms with van der Waals surface area (Å²) >= 11 is 6.71. The number of benzene rings is 1. The highest BCUT2D eigenvalue weighted by Crippen LogP contribution is 2.12. The van der Waals surface area contributed by atoms with Crippen LogP contribution in [0.5, 0.6) is 0 Å². The Balaban J connectivity index is 2.41. The summed E-state index contributed by atoms with van der Waals surface area (Å²) in [7, 11) is 0. The van der Waals surface area contributed by atoms with Gasteiger partial charge >= 0.3 is 0 Å². The topological polar surface area (TPSA) is 9.23 Å². The first-order chi connectivity index (χ1) is 5.83. The van der Waals surface area contributed by atoms with E-state index in [9.17, 15) is 0 Å². The molecule has 0 aromatic heterocycles. The predicted octanol–water partition coefficient (Wildman–Crippen LogP) is 3.36. The van der Waals surface area contributed by atoms with Gasteiger partial charge < -0.3 is 4.74 Å². The Bertz CT molecular complexity index is 238. The second kappa shape index (κ2) is 5.73. The number of rotatable bonds is 4. The van der Waals surface area contributed by atoms with E-state index < -0.39 is 0 Å². The summed E-state index contributed by atoms with van der Waals surface area (Å²) in [5.41, 5.74) is 1.20. The maximum absolute atomic E-state index is 5.36. The van der Waals surface area contributed by atoms with Gasteiger partial charge in [0.25, 0.3) is 0 Å². The van der Waals surface area contributed by atoms with Gasteiger partial charge in [-0.05, 0) is 17.7 Å². The van der Waals surface area contributed by atoms with Gasteiger partial charge in [-0.25, -0.2) is 0 Å². The lowest BCUT2D eigenvalue weighted by molar-refractivity contribution is 0.137. The standard InChI is InChI=1S/C9H10Br2O/c10-4-5-12-7-8-2-1-3-9(11)6-8/h1-3,6H,4-5,7H2. The molecule has 0 N–H and O–H groups in total. The first kappa shape index (κ1) is 10.2. The third kappa shape index (κ3) is 3.70. The molecule has 0 aliphatic rings. The van der Waals surface area contributed by atoms with Gasteiger partial charge in [-0.3, -0.25) is 0 Å². The van der Waals surface area contributed by atoms with Crippen molar-refractivity contribution in [2.45, 2.75) is 6.61 Å². The molecule has 0 saturated carbocycles. The predicted molar refractivity (Wildman–Crippen MR) is 57.6 cm³/mol. The molecule has 0 fully saturated rings. The van der Waals surface area contributed by atoms with Gasteiger partial charge in [0, 0.05) is 9.80 Å². The minimum atomic E-state index is 0.686. The Morgan fingerprint density at radius 1 is 1.33 bits per heavy atom. The van der Waals surface area contributed by atoms with Crippen molar-refractivity contribution in [3.63, 3.8) is 0 Å². The maximum Gasteiger partial charge on any atom is 0.0717 e. The van der Waals surface area contributed by atoms with Crippen LogP contribution >= 0.6 is 31.9 Å². The van der Waals surface area contributed by atoms with Crippen LogP contribution in [0.3, 0.4) is 0 Å². The van der Waals surface area contributed by atoms with Gasteiger partial charge in [0.15, 0.2) is 0 Å². The third-order valence-electron chi connectivity index (χ3n) is 1.38. The fourth-order valence-corrected chi connectivity index (χ4v) is 1.55. The zero-order chi connectivity index (χ0) is 8.81. The smallest absolute Gasteiger partial charge is 0.0717 e. The van der Waals surface area contributed by atoms with E-state index in [-0.39, 0.29) is 0 Å². The molecule has 0 saturated heterocycles. The Hall–Kier alpha value is 0.140. The zero-order valence-electron chi connectivity index (χ0n) is 6.59. The Kier molecular flexibility index (Phi) is 4.88. The fourth-order valence-electron chi connectivity index (χ4n) is 0.871. The first-order valence-electron chi connectivity index (χ1n) is 3.71. The fraction of sp³-hybridized carbons (Fsp3) is 0.333. The average Bonchev–Trinajstić information content (AvgIpc) is 2.05. The molecular formula is C9H10Br2O. The Morgan fingerprint density at radius 3 is 2.83 bits per heavy atom. The van der Waals surface area contributed by atoms with Gasteiger partial charge in [0.05, 0.1) is 13.2 Å². The highest BCUT2D eigenvalue weighted by atomic mass is 79.9. The van der Waals surface area contributed by atoms with Crippen molar-refractivity contribution >= 4 is 31.9 Å². The Labute approximate surface area is 89.4 Å². The summed E-state index contributed by atoms with van der Waals surface area (Å²) in [4.78, 5) is 0. The highest BCUT2D eigenvalue weighted by Gasteiger charge is 1.92. The summed E-state index contributed by atoms with van der Waals surface area (Å²) in [6.07, 6.45) is 0. The molecule has 1 aromatic carbocycles. The molecule has 0 heterocycles. The lowest BCUT2D eigenvalue weighted by Gasteiger charge is -2.01. The van der Waals surface area contributed by atoms with Crippen LogP contribution in [0, 0.1) is 0 Å². The third-order valence-corrected chi connectivity index (χ3v) is 2.20. The number of hydrogen-bond acceptors (Lipinski definition) is 1. The normalized spacial score (nSPS) is 10.2. The number of hydrogen-bond donors (Lipinski definition) is 0. The molecule has 0 radical (unpaired) electrons. The van der Waals surface area contributed by atoms with Gasteiger partial charge in [-0.15, -0.1) is 0 Å². The SMILES string of the molecule is BrCCOCc1cccc(Br)c1. The summed E-state index contributed by atoms with van der Waals surface area (Å²) in [5.74, 6) is 0. The number of alkyl halides is 1. The molecule has 0 atom stereocenters. The molecule has 0 bridgehead atoms. The quantitative estimate of drug-likeness (QED) is 0.611. The van der Waals surface area contributed by atoms with Crippen LogP contribution in [0.1, 0.15) is 5.56 Å². The van der Waals surface area contributed by atoms with Crippen molar-refractivity contribution < 1.29 is 4.74 Å². The van der Waals surface area contributed by atoms with Crippen LogP contribution in [0.4, 0.5) is 0 Å². The van der Waals surface area contributed by atoms with Crippen molar-refractivity contribution in [2.75, 3.05) is 11.9 Å². The van der Waals surface area contributed by atoms with Gasteiger partial charge in [0.1, 0.15) is 0 Å². The number of halogens is 2. The van der Waals surface area contributed by atoms with Crippen molar-refractivity contribution in [1.82, 2.24) is 0 Å². The minimum Gasteiger partial charge on any atom is -0.376 e. The molecule has 3 heteroatoms. The number of ether oxygens (including phenoxy) is 1. The van der Waals surface area contributed by atoms with Gasteiger partial charge in [-0.1, -0.05) is 44.0 Å². The molecule has 0 amide bonds. The molecule has 0 spiro atoms. The summed E-state index contributed by atoms with van der Waals surface area (Å²) < 4.78 is 6.46. The van der Waals surface area contributed by atoms with Crippen molar-refractivity contribution in [1.29, 1.82) is 0 Å². The molecule has 0 unspecified atom stereocenters. The van der Waals surface area contributed by atoms with E-state index in [4.69, 9.17) is 4.74 Å². The van der Waals surface area contributed by atoms with E-state index in [0.29, 0.717) is 6.61 Å². The van der Waals surface area contributed by atoms with Gasteiger partial charge in [-0.2, -0.15) is 0 Å². The van der Waals surface area contributed by atoms with E-state index >= 15 is 0 Å². The second-order valence-corrected chi connectivity index (χ2v) is 4.08. The van der Waals surface area contributed by atoms with E-state index in [1.54, 1.807) is 0 Å². The molecular weight excluding hydrogens is 284 g/mol. The first-order valence-corrected chi connectivity index (χ1v) is 5.62. The van der Waals surface area contributed by atoms with Crippen LogP contribution < -0.4 is 0 Å². The lowest BCUT2D eigenvalue weighted by Crippen LogP contribution is -1.95. The molecule has 66 valence electrons. The average molecular weight is 294 g/mol. The molecule has 1 aromatic rings. The van der Waals surface area contributed by atoms with E-state index in [1.807, 2.05) is 12.1 Å². The van der Waals surface area contributed by atoms with E-state index in [0.717, 1.165) is 16.4 Å². The molecule has 0 aliphatic carbocycles. The monoisotopic (exact) mass is 292 g/mol. The lowest BCUT2D eigenvalue weighted by atomic mass is 10.2. The van der Waals surface area contributed by atoms with Crippen LogP contribution in [-0.4, -0.2) is 11.9 Å². The summed E-state index contributed by atoms with van der Waals surface area (Å²) in [5, 5.41) is 0.890. The van der Waals surface area contributed by atoms with Crippen LogP contribution in [-0.2, 0) is 11.3 Å². The summed E-state index contributed by atoms with van der Waals surface area (Å²) in [6.45, 7) is 1.44. The van der Waals surface area contributed by atoms with Gasteiger partial charge in [0.2, 0.25) is 0 Å². The Morgan fingerprint density at radius 2 is 2.17 bits per heavy atom. The largest absolute Gasteiger partial charge is 0.376 e. The van der Waals surface area contributed by atoms with E-state index in [2.05, 4.69) is 44.0 Å². The van der Waals surface area contributed by atoms with Crippen LogP contribution in [0.25, 0.3) is 0 Å². The minimum absolute atomic E-state index is 0.686.